The smallest absolute Gasteiger partial charge is 0.225 e. The highest BCUT2D eigenvalue weighted by atomic mass is 16.3. The highest BCUT2D eigenvalue weighted by molar-refractivity contribution is 5.82. The van der Waals surface area contributed by atoms with Gasteiger partial charge in [-0.1, -0.05) is 115 Å². The monoisotopic (exact) mass is 375 g/mol. The van der Waals surface area contributed by atoms with Gasteiger partial charge in [0.05, 0.1) is 5.92 Å². The van der Waals surface area contributed by atoms with Crippen molar-refractivity contribution in [2.75, 3.05) is 0 Å². The van der Waals surface area contributed by atoms with Gasteiger partial charge in [-0.25, -0.2) is 0 Å². The van der Waals surface area contributed by atoms with Gasteiger partial charge in [-0.15, -0.1) is 0 Å². The molecule has 0 aliphatic carbocycles. The molecule has 27 heavy (non-hydrogen) atoms. The molecule has 3 N–H and O–H groups in total. The van der Waals surface area contributed by atoms with Gasteiger partial charge < -0.3 is 10.8 Å². The Morgan fingerprint density at radius 2 is 1.26 bits per heavy atom. The molecule has 1 aromatic rings. The van der Waals surface area contributed by atoms with E-state index < -0.39 is 0 Å². The summed E-state index contributed by atoms with van der Waals surface area (Å²) in [6, 6.07) is 7.03. The van der Waals surface area contributed by atoms with Gasteiger partial charge in [0.1, 0.15) is 5.75 Å². The van der Waals surface area contributed by atoms with Crippen LogP contribution in [-0.4, -0.2) is 11.0 Å². The number of amides is 1. The second kappa shape index (κ2) is 15.5. The largest absolute Gasteiger partial charge is 0.508 e. The van der Waals surface area contributed by atoms with E-state index in [4.69, 9.17) is 5.73 Å². The van der Waals surface area contributed by atoms with Crippen LogP contribution in [0.4, 0.5) is 0 Å². The summed E-state index contributed by atoms with van der Waals surface area (Å²) in [4.78, 5) is 11.7. The molecule has 1 unspecified atom stereocenters. The normalized spacial score (nSPS) is 12.2. The van der Waals surface area contributed by atoms with Crippen LogP contribution in [0.15, 0.2) is 24.3 Å². The van der Waals surface area contributed by atoms with E-state index in [0.29, 0.717) is 5.56 Å². The van der Waals surface area contributed by atoms with Crippen LogP contribution in [-0.2, 0) is 4.79 Å². The summed E-state index contributed by atoms with van der Waals surface area (Å²) < 4.78 is 0. The Labute approximate surface area is 166 Å². The van der Waals surface area contributed by atoms with E-state index in [9.17, 15) is 9.90 Å². The zero-order chi connectivity index (χ0) is 19.7. The summed E-state index contributed by atoms with van der Waals surface area (Å²) in [5, 5.41) is 9.94. The second-order valence-electron chi connectivity index (χ2n) is 7.90. The molecule has 1 aromatic carbocycles. The van der Waals surface area contributed by atoms with Gasteiger partial charge in [-0.2, -0.15) is 0 Å². The first-order valence-electron chi connectivity index (χ1n) is 11.2. The molecule has 3 heteroatoms. The molecule has 3 nitrogen and oxygen atoms in total. The molecule has 154 valence electrons. The molecule has 0 fully saturated rings. The van der Waals surface area contributed by atoms with E-state index in [-0.39, 0.29) is 17.6 Å². The molecule has 0 aliphatic heterocycles. The Hall–Kier alpha value is -1.51. The number of carbonyl (C=O) groups is 1. The molecule has 0 aromatic heterocycles. The zero-order valence-corrected chi connectivity index (χ0v) is 17.4. The molecule has 0 spiro atoms. The molecule has 0 radical (unpaired) electrons. The van der Waals surface area contributed by atoms with E-state index in [1.807, 2.05) is 6.07 Å². The fourth-order valence-corrected chi connectivity index (χ4v) is 3.78. The minimum Gasteiger partial charge on any atom is -0.508 e. The highest BCUT2D eigenvalue weighted by Crippen LogP contribution is 2.29. The van der Waals surface area contributed by atoms with Crippen molar-refractivity contribution in [3.63, 3.8) is 0 Å². The van der Waals surface area contributed by atoms with Gasteiger partial charge in [0, 0.05) is 5.56 Å². The number of rotatable bonds is 17. The van der Waals surface area contributed by atoms with Gasteiger partial charge in [0.15, 0.2) is 0 Å². The molecule has 0 saturated heterocycles. The van der Waals surface area contributed by atoms with Crippen LogP contribution in [0.3, 0.4) is 0 Å². The number of phenols is 1. The van der Waals surface area contributed by atoms with Crippen LogP contribution in [0, 0.1) is 0 Å². The van der Waals surface area contributed by atoms with Crippen LogP contribution >= 0.6 is 0 Å². The van der Waals surface area contributed by atoms with Crippen molar-refractivity contribution >= 4 is 5.91 Å². The Bertz CT molecular complexity index is 501. The van der Waals surface area contributed by atoms with E-state index in [2.05, 4.69) is 6.92 Å². The number of unbranched alkanes of at least 4 members (excludes halogenated alkanes) is 13. The fraction of sp³-hybridized carbons (Fsp3) is 0.708. The van der Waals surface area contributed by atoms with Gasteiger partial charge >= 0.3 is 0 Å². The molecule has 1 atom stereocenters. The predicted octanol–water partition coefficient (Wildman–Crippen LogP) is 6.83. The summed E-state index contributed by atoms with van der Waals surface area (Å²) in [5.41, 5.74) is 6.21. The lowest BCUT2D eigenvalue weighted by atomic mass is 9.91. The number of para-hydroxylation sites is 1. The minimum absolute atomic E-state index is 0.173. The van der Waals surface area contributed by atoms with Crippen molar-refractivity contribution < 1.29 is 9.90 Å². The van der Waals surface area contributed by atoms with Crippen molar-refractivity contribution in [2.45, 2.75) is 109 Å². The van der Waals surface area contributed by atoms with E-state index in [0.717, 1.165) is 19.3 Å². The molecule has 1 amide bonds. The minimum atomic E-state index is -0.372. The number of primary amides is 1. The second-order valence-corrected chi connectivity index (χ2v) is 7.90. The maximum atomic E-state index is 11.7. The summed E-state index contributed by atoms with van der Waals surface area (Å²) in [6.45, 7) is 2.27. The third kappa shape index (κ3) is 11.0. The third-order valence-electron chi connectivity index (χ3n) is 5.50. The number of hydrogen-bond acceptors (Lipinski definition) is 2. The van der Waals surface area contributed by atoms with Crippen molar-refractivity contribution in [1.29, 1.82) is 0 Å². The van der Waals surface area contributed by atoms with Crippen molar-refractivity contribution in [2.24, 2.45) is 5.73 Å². The number of benzene rings is 1. The molecule has 0 heterocycles. The summed E-state index contributed by atoms with van der Waals surface area (Å²) in [7, 11) is 0. The maximum absolute atomic E-state index is 11.7. The Balaban J connectivity index is 2.00. The highest BCUT2D eigenvalue weighted by Gasteiger charge is 2.20. The molecule has 0 aliphatic rings. The van der Waals surface area contributed by atoms with Gasteiger partial charge in [-0.05, 0) is 12.5 Å². The topological polar surface area (TPSA) is 63.3 Å². The number of hydrogen-bond donors (Lipinski definition) is 2. The third-order valence-corrected chi connectivity index (χ3v) is 5.50. The van der Waals surface area contributed by atoms with Gasteiger partial charge in [0.2, 0.25) is 5.91 Å². The van der Waals surface area contributed by atoms with Crippen LogP contribution in [0.5, 0.6) is 5.75 Å². The number of nitrogens with two attached hydrogens (primary N) is 1. The van der Waals surface area contributed by atoms with E-state index in [1.165, 1.54) is 77.0 Å². The molecule has 0 bridgehead atoms. The molecular weight excluding hydrogens is 334 g/mol. The van der Waals surface area contributed by atoms with Gasteiger partial charge in [-0.3, -0.25) is 4.79 Å². The van der Waals surface area contributed by atoms with Crippen LogP contribution in [0.1, 0.15) is 115 Å². The Kier molecular flexibility index (Phi) is 13.5. The molecule has 1 rings (SSSR count). The van der Waals surface area contributed by atoms with Crippen LogP contribution < -0.4 is 5.73 Å². The average molecular weight is 376 g/mol. The number of phenolic OH excluding ortho intramolecular Hbond substituents is 1. The van der Waals surface area contributed by atoms with Crippen molar-refractivity contribution in [3.8, 4) is 5.75 Å². The lowest BCUT2D eigenvalue weighted by Crippen LogP contribution is -2.21. The fourth-order valence-electron chi connectivity index (χ4n) is 3.78. The number of carbonyl (C=O) groups excluding carboxylic acids is 1. The first-order valence-corrected chi connectivity index (χ1v) is 11.2. The summed E-state index contributed by atoms with van der Waals surface area (Å²) >= 11 is 0. The first kappa shape index (κ1) is 23.5. The quantitative estimate of drug-likeness (QED) is 0.293. The summed E-state index contributed by atoms with van der Waals surface area (Å²) in [5.74, 6) is -0.540. The molecule has 0 saturated carbocycles. The Morgan fingerprint density at radius 3 is 1.70 bits per heavy atom. The lowest BCUT2D eigenvalue weighted by Gasteiger charge is -2.15. The predicted molar refractivity (Wildman–Crippen MR) is 115 cm³/mol. The SMILES string of the molecule is CCCCCCCCCCCCCCCCC(C(N)=O)c1ccccc1O. The maximum Gasteiger partial charge on any atom is 0.225 e. The standard InChI is InChI=1S/C24H41NO2/c1-2-3-4-5-6-7-8-9-10-11-12-13-14-15-19-22(24(25)27)21-18-16-17-20-23(21)26/h16-18,20,22,26H,2-15,19H2,1H3,(H2,25,27). The first-order chi connectivity index (χ1) is 13.2. The zero-order valence-electron chi connectivity index (χ0n) is 17.4. The Morgan fingerprint density at radius 1 is 0.815 bits per heavy atom. The molecular formula is C24H41NO2. The van der Waals surface area contributed by atoms with Crippen molar-refractivity contribution in [3.05, 3.63) is 29.8 Å². The van der Waals surface area contributed by atoms with Crippen LogP contribution in [0.2, 0.25) is 0 Å². The average Bonchev–Trinajstić information content (AvgIpc) is 2.65. The van der Waals surface area contributed by atoms with E-state index in [1.54, 1.807) is 18.2 Å². The van der Waals surface area contributed by atoms with E-state index >= 15 is 0 Å². The number of aromatic hydroxyl groups is 1. The van der Waals surface area contributed by atoms with Crippen LogP contribution in [0.25, 0.3) is 0 Å². The van der Waals surface area contributed by atoms with Crippen molar-refractivity contribution in [1.82, 2.24) is 0 Å². The summed E-state index contributed by atoms with van der Waals surface area (Å²) in [6.07, 6.45) is 19.2. The van der Waals surface area contributed by atoms with Gasteiger partial charge in [0.25, 0.3) is 0 Å². The lowest BCUT2D eigenvalue weighted by molar-refractivity contribution is -0.119.